The van der Waals surface area contributed by atoms with Crippen LogP contribution >= 0.6 is 0 Å². The van der Waals surface area contributed by atoms with E-state index in [9.17, 15) is 18.3 Å². The average molecular weight is 356 g/mol. The molecule has 3 rings (SSSR count). The molecule has 0 saturated heterocycles. The number of hydrogen-bond acceptors (Lipinski definition) is 1. The minimum Gasteiger partial charge on any atom is -0.380 e. The lowest BCUT2D eigenvalue weighted by molar-refractivity contribution is -0.137. The molecule has 0 aliphatic carbocycles. The monoisotopic (exact) mass is 356 g/mol. The summed E-state index contributed by atoms with van der Waals surface area (Å²) in [5.41, 5.74) is 0.410. The maximum Gasteiger partial charge on any atom is 0.416 e. The Morgan fingerprint density at radius 1 is 0.615 bits per heavy atom. The second-order valence-electron chi connectivity index (χ2n) is 6.29. The van der Waals surface area contributed by atoms with Crippen molar-refractivity contribution in [2.24, 2.45) is 0 Å². The van der Waals surface area contributed by atoms with Crippen LogP contribution in [0.5, 0.6) is 0 Å². The first-order valence-corrected chi connectivity index (χ1v) is 8.39. The number of aliphatic hydroxyl groups is 1. The van der Waals surface area contributed by atoms with Crippen molar-refractivity contribution >= 4 is 0 Å². The van der Waals surface area contributed by atoms with Crippen LogP contribution in [0.15, 0.2) is 84.9 Å². The maximum atomic E-state index is 12.7. The summed E-state index contributed by atoms with van der Waals surface area (Å²) in [7, 11) is 0. The zero-order valence-electron chi connectivity index (χ0n) is 14.1. The van der Waals surface area contributed by atoms with Gasteiger partial charge in [0.2, 0.25) is 0 Å². The lowest BCUT2D eigenvalue weighted by atomic mass is 9.81. The Kier molecular flexibility index (Phi) is 5.14. The average Bonchev–Trinajstić information content (AvgIpc) is 2.67. The Morgan fingerprint density at radius 2 is 1.08 bits per heavy atom. The van der Waals surface area contributed by atoms with Crippen LogP contribution in [0.3, 0.4) is 0 Å². The van der Waals surface area contributed by atoms with Gasteiger partial charge in [0.25, 0.3) is 0 Å². The van der Waals surface area contributed by atoms with Crippen LogP contribution in [0.2, 0.25) is 0 Å². The van der Waals surface area contributed by atoms with Crippen LogP contribution in [0.4, 0.5) is 13.2 Å². The Morgan fingerprint density at radius 3 is 1.50 bits per heavy atom. The fraction of sp³-hybridized carbons (Fsp3) is 0.182. The lowest BCUT2D eigenvalue weighted by Gasteiger charge is -2.29. The number of aryl methyl sites for hydroxylation is 1. The van der Waals surface area contributed by atoms with E-state index in [2.05, 4.69) is 0 Å². The van der Waals surface area contributed by atoms with E-state index in [4.69, 9.17) is 0 Å². The smallest absolute Gasteiger partial charge is 0.380 e. The molecule has 0 heterocycles. The van der Waals surface area contributed by atoms with Gasteiger partial charge in [0.1, 0.15) is 5.60 Å². The van der Waals surface area contributed by atoms with E-state index in [-0.39, 0.29) is 0 Å². The number of benzene rings is 3. The predicted octanol–water partition coefficient (Wildman–Crippen LogP) is 5.57. The largest absolute Gasteiger partial charge is 0.416 e. The summed E-state index contributed by atoms with van der Waals surface area (Å²) >= 11 is 0. The van der Waals surface area contributed by atoms with Crippen molar-refractivity contribution < 1.29 is 18.3 Å². The first kappa shape index (κ1) is 18.2. The summed E-state index contributed by atoms with van der Waals surface area (Å²) < 4.78 is 38.1. The number of rotatable bonds is 5. The van der Waals surface area contributed by atoms with Gasteiger partial charge in [0.05, 0.1) is 5.56 Å². The highest BCUT2D eigenvalue weighted by Gasteiger charge is 2.32. The van der Waals surface area contributed by atoms with Gasteiger partial charge in [-0.05, 0) is 41.7 Å². The van der Waals surface area contributed by atoms with Crippen LogP contribution < -0.4 is 0 Å². The Balaban J connectivity index is 1.86. The summed E-state index contributed by atoms with van der Waals surface area (Å²) in [4.78, 5) is 0. The first-order valence-electron chi connectivity index (χ1n) is 8.39. The molecule has 0 fully saturated rings. The molecule has 0 unspecified atom stereocenters. The summed E-state index contributed by atoms with van der Waals surface area (Å²) in [6.45, 7) is 0. The van der Waals surface area contributed by atoms with Crippen molar-refractivity contribution in [3.63, 3.8) is 0 Å². The summed E-state index contributed by atoms with van der Waals surface area (Å²) in [6, 6.07) is 23.8. The molecule has 0 atom stereocenters. The van der Waals surface area contributed by atoms with Gasteiger partial charge in [0.15, 0.2) is 0 Å². The molecule has 134 valence electrons. The molecule has 3 aromatic rings. The van der Waals surface area contributed by atoms with Gasteiger partial charge in [0, 0.05) is 0 Å². The molecular formula is C22H19F3O. The molecule has 0 saturated carbocycles. The molecule has 0 amide bonds. The molecular weight excluding hydrogens is 337 g/mol. The minimum atomic E-state index is -4.34. The zero-order chi connectivity index (χ0) is 18.6. The molecule has 0 aliphatic heterocycles. The lowest BCUT2D eigenvalue weighted by Crippen LogP contribution is -2.28. The fourth-order valence-electron chi connectivity index (χ4n) is 3.07. The van der Waals surface area contributed by atoms with E-state index >= 15 is 0 Å². The van der Waals surface area contributed by atoms with Crippen molar-refractivity contribution in [3.8, 4) is 0 Å². The molecule has 1 nitrogen and oxygen atoms in total. The maximum absolute atomic E-state index is 12.7. The molecule has 1 N–H and O–H groups in total. The quantitative estimate of drug-likeness (QED) is 0.633. The SMILES string of the molecule is OC(CCc1ccc(C(F)(F)F)cc1)(c1ccccc1)c1ccccc1. The molecule has 0 aliphatic rings. The first-order chi connectivity index (χ1) is 12.4. The summed E-state index contributed by atoms with van der Waals surface area (Å²) in [6.07, 6.45) is -3.52. The Hall–Kier alpha value is -2.59. The van der Waals surface area contributed by atoms with Gasteiger partial charge in [-0.1, -0.05) is 72.8 Å². The van der Waals surface area contributed by atoms with Crippen LogP contribution in [0, 0.1) is 0 Å². The van der Waals surface area contributed by atoms with E-state index in [1.165, 1.54) is 12.1 Å². The third-order valence-electron chi connectivity index (χ3n) is 4.56. The molecule has 26 heavy (non-hydrogen) atoms. The van der Waals surface area contributed by atoms with E-state index in [0.29, 0.717) is 12.8 Å². The van der Waals surface area contributed by atoms with Crippen LogP contribution in [-0.2, 0) is 18.2 Å². The number of halogens is 3. The second kappa shape index (κ2) is 7.34. The van der Waals surface area contributed by atoms with Gasteiger partial charge < -0.3 is 5.11 Å². The fourth-order valence-corrected chi connectivity index (χ4v) is 3.07. The van der Waals surface area contributed by atoms with Gasteiger partial charge in [-0.3, -0.25) is 0 Å². The minimum absolute atomic E-state index is 0.367. The van der Waals surface area contributed by atoms with Crippen molar-refractivity contribution in [3.05, 3.63) is 107 Å². The number of hydrogen-bond donors (Lipinski definition) is 1. The third kappa shape index (κ3) is 3.97. The predicted molar refractivity (Wildman–Crippen MR) is 95.6 cm³/mol. The highest BCUT2D eigenvalue weighted by molar-refractivity contribution is 5.36. The third-order valence-corrected chi connectivity index (χ3v) is 4.56. The summed E-state index contributed by atoms with van der Waals surface area (Å²) in [5.74, 6) is 0. The van der Waals surface area contributed by atoms with E-state index < -0.39 is 17.3 Å². The van der Waals surface area contributed by atoms with Gasteiger partial charge in [-0.2, -0.15) is 13.2 Å². The summed E-state index contributed by atoms with van der Waals surface area (Å²) in [5, 5.41) is 11.4. The van der Waals surface area contributed by atoms with Crippen LogP contribution in [-0.4, -0.2) is 5.11 Å². The highest BCUT2D eigenvalue weighted by atomic mass is 19.4. The normalized spacial score (nSPS) is 12.2. The number of alkyl halides is 3. The molecule has 0 radical (unpaired) electrons. The van der Waals surface area contributed by atoms with E-state index in [1.807, 2.05) is 60.7 Å². The molecule has 0 spiro atoms. The molecule has 0 bridgehead atoms. The van der Waals surface area contributed by atoms with Crippen LogP contribution in [0.1, 0.15) is 28.7 Å². The highest BCUT2D eigenvalue weighted by Crippen LogP contribution is 2.34. The van der Waals surface area contributed by atoms with E-state index in [1.54, 1.807) is 0 Å². The van der Waals surface area contributed by atoms with Crippen molar-refractivity contribution in [1.82, 2.24) is 0 Å². The standard InChI is InChI=1S/C22H19F3O/c23-22(24,25)20-13-11-17(12-14-20)15-16-21(26,18-7-3-1-4-8-18)19-9-5-2-6-10-19/h1-14,26H,15-16H2. The van der Waals surface area contributed by atoms with Crippen molar-refractivity contribution in [2.45, 2.75) is 24.6 Å². The van der Waals surface area contributed by atoms with Gasteiger partial charge >= 0.3 is 6.18 Å². The van der Waals surface area contributed by atoms with Gasteiger partial charge in [-0.15, -0.1) is 0 Å². The van der Waals surface area contributed by atoms with Crippen LogP contribution in [0.25, 0.3) is 0 Å². The molecule has 0 aromatic heterocycles. The Labute approximate surface area is 150 Å². The van der Waals surface area contributed by atoms with E-state index in [0.717, 1.165) is 28.8 Å². The second-order valence-corrected chi connectivity index (χ2v) is 6.29. The molecule has 3 aromatic carbocycles. The van der Waals surface area contributed by atoms with Crippen molar-refractivity contribution in [2.75, 3.05) is 0 Å². The topological polar surface area (TPSA) is 20.2 Å². The van der Waals surface area contributed by atoms with Crippen molar-refractivity contribution in [1.29, 1.82) is 0 Å². The van der Waals surface area contributed by atoms with Gasteiger partial charge in [-0.25, -0.2) is 0 Å². The molecule has 4 heteroatoms. The zero-order valence-corrected chi connectivity index (χ0v) is 14.1. The Bertz CT molecular complexity index is 785.